The minimum absolute atomic E-state index is 0.0498. The molecule has 9 nitrogen and oxygen atoms in total. The lowest BCUT2D eigenvalue weighted by atomic mass is 9.80. The van der Waals surface area contributed by atoms with Crippen molar-refractivity contribution in [3.8, 4) is 0 Å². The molecule has 0 bridgehead atoms. The summed E-state index contributed by atoms with van der Waals surface area (Å²) in [5, 5.41) is 14.4. The molecule has 0 amide bonds. The highest BCUT2D eigenvalue weighted by Crippen LogP contribution is 2.41. The zero-order valence-electron chi connectivity index (χ0n) is 17.4. The summed E-state index contributed by atoms with van der Waals surface area (Å²) in [4.78, 5) is 36.5. The molecule has 10 heteroatoms. The highest BCUT2D eigenvalue weighted by Gasteiger charge is 2.39. The van der Waals surface area contributed by atoms with E-state index in [4.69, 9.17) is 25.8 Å². The Morgan fingerprint density at radius 2 is 1.94 bits per heavy atom. The topological polar surface area (TPSA) is 117 Å². The van der Waals surface area contributed by atoms with Crippen LogP contribution in [0.2, 0.25) is 5.02 Å². The molecule has 2 aliphatic heterocycles. The van der Waals surface area contributed by atoms with Crippen LogP contribution in [0, 0.1) is 10.1 Å². The second-order valence-electron chi connectivity index (χ2n) is 7.33. The Morgan fingerprint density at radius 3 is 2.52 bits per heavy atom. The normalized spacial score (nSPS) is 21.0. The summed E-state index contributed by atoms with van der Waals surface area (Å²) in [5.41, 5.74) is 1.30. The maximum Gasteiger partial charge on any atom is 0.336 e. The number of nitrogens with zero attached hydrogens (tertiary/aromatic N) is 1. The molecule has 1 aromatic carbocycles. The largest absolute Gasteiger partial charge is 0.466 e. The van der Waals surface area contributed by atoms with Crippen molar-refractivity contribution < 1.29 is 28.7 Å². The molecule has 166 valence electrons. The number of esters is 2. The first-order valence-electron chi connectivity index (χ1n) is 9.74. The van der Waals surface area contributed by atoms with E-state index in [0.717, 1.165) is 12.8 Å². The average Bonchev–Trinajstić information content (AvgIpc) is 3.25. The number of nitro benzene ring substituents is 1. The number of carbonyl (C=O) groups is 2. The molecule has 0 aromatic heterocycles. The van der Waals surface area contributed by atoms with Gasteiger partial charge in [-0.2, -0.15) is 0 Å². The Kier molecular flexibility index (Phi) is 6.97. The SMILES string of the molecule is COC(=O)C1=C(C)NC(C)=C(C(=O)OC[C@@H]2CCCO2)[C@@H]1c1ccc(Cl)c([N+](=O)[O-])c1. The van der Waals surface area contributed by atoms with Crippen LogP contribution in [-0.2, 0) is 23.8 Å². The van der Waals surface area contributed by atoms with Crippen molar-refractivity contribution in [3.05, 3.63) is 61.4 Å². The fourth-order valence-electron chi connectivity index (χ4n) is 3.85. The number of halogens is 1. The van der Waals surface area contributed by atoms with Crippen molar-refractivity contribution in [2.45, 2.75) is 38.7 Å². The number of nitro groups is 1. The summed E-state index contributed by atoms with van der Waals surface area (Å²) in [7, 11) is 1.23. The molecule has 3 rings (SSSR count). The second-order valence-corrected chi connectivity index (χ2v) is 7.74. The van der Waals surface area contributed by atoms with Gasteiger partial charge in [-0.25, -0.2) is 9.59 Å². The third-order valence-electron chi connectivity index (χ3n) is 5.31. The van der Waals surface area contributed by atoms with E-state index in [9.17, 15) is 19.7 Å². The van der Waals surface area contributed by atoms with Crippen LogP contribution in [-0.4, -0.2) is 43.3 Å². The molecule has 1 saturated heterocycles. The van der Waals surface area contributed by atoms with Crippen LogP contribution in [0.4, 0.5) is 5.69 Å². The molecule has 0 saturated carbocycles. The van der Waals surface area contributed by atoms with Gasteiger partial charge in [-0.3, -0.25) is 10.1 Å². The molecule has 2 atom stereocenters. The van der Waals surface area contributed by atoms with E-state index >= 15 is 0 Å². The lowest BCUT2D eigenvalue weighted by Gasteiger charge is -2.30. The zero-order valence-corrected chi connectivity index (χ0v) is 18.2. The molecule has 2 heterocycles. The van der Waals surface area contributed by atoms with Gasteiger partial charge in [0, 0.05) is 24.1 Å². The number of carbonyl (C=O) groups excluding carboxylic acids is 2. The van der Waals surface area contributed by atoms with Crippen LogP contribution in [0.25, 0.3) is 0 Å². The molecular weight excluding hydrogens is 428 g/mol. The number of hydrogen-bond donors (Lipinski definition) is 1. The molecular formula is C21H23ClN2O7. The molecule has 0 aliphatic carbocycles. The van der Waals surface area contributed by atoms with E-state index in [1.807, 2.05) is 0 Å². The van der Waals surface area contributed by atoms with Gasteiger partial charge in [0.25, 0.3) is 5.69 Å². The molecule has 1 aromatic rings. The number of dihydropyridines is 1. The van der Waals surface area contributed by atoms with Crippen LogP contribution >= 0.6 is 11.6 Å². The summed E-state index contributed by atoms with van der Waals surface area (Å²) >= 11 is 5.96. The first-order valence-corrected chi connectivity index (χ1v) is 10.1. The van der Waals surface area contributed by atoms with Crippen LogP contribution < -0.4 is 5.32 Å². The van der Waals surface area contributed by atoms with Crippen molar-refractivity contribution in [1.29, 1.82) is 0 Å². The van der Waals surface area contributed by atoms with Crippen molar-refractivity contribution in [2.75, 3.05) is 20.3 Å². The first-order chi connectivity index (χ1) is 14.7. The van der Waals surface area contributed by atoms with E-state index in [1.54, 1.807) is 19.9 Å². The Labute approximate surface area is 184 Å². The minimum Gasteiger partial charge on any atom is -0.466 e. The smallest absolute Gasteiger partial charge is 0.336 e. The minimum atomic E-state index is -0.929. The van der Waals surface area contributed by atoms with Crippen molar-refractivity contribution >= 4 is 29.2 Å². The predicted octanol–water partition coefficient (Wildman–Crippen LogP) is 3.38. The van der Waals surface area contributed by atoms with Crippen molar-refractivity contribution in [1.82, 2.24) is 5.32 Å². The first kappa shape index (κ1) is 22.8. The van der Waals surface area contributed by atoms with Gasteiger partial charge in [-0.05, 0) is 38.3 Å². The number of rotatable bonds is 6. The van der Waals surface area contributed by atoms with Gasteiger partial charge in [0.05, 0.1) is 35.2 Å². The van der Waals surface area contributed by atoms with Crippen molar-refractivity contribution in [2.24, 2.45) is 0 Å². The zero-order chi connectivity index (χ0) is 22.7. The number of nitrogens with one attached hydrogen (secondary N) is 1. The van der Waals surface area contributed by atoms with Gasteiger partial charge in [-0.15, -0.1) is 0 Å². The van der Waals surface area contributed by atoms with Crippen LogP contribution in [0.3, 0.4) is 0 Å². The third-order valence-corrected chi connectivity index (χ3v) is 5.63. The fraction of sp³-hybridized carbons (Fsp3) is 0.429. The Balaban J connectivity index is 2.05. The van der Waals surface area contributed by atoms with Crippen LogP contribution in [0.1, 0.15) is 38.2 Å². The van der Waals surface area contributed by atoms with E-state index in [1.165, 1.54) is 19.2 Å². The van der Waals surface area contributed by atoms with Gasteiger partial charge < -0.3 is 19.5 Å². The lowest BCUT2D eigenvalue weighted by Crippen LogP contribution is -2.33. The van der Waals surface area contributed by atoms with Gasteiger partial charge >= 0.3 is 11.9 Å². The van der Waals surface area contributed by atoms with Gasteiger partial charge in [0.15, 0.2) is 0 Å². The Bertz CT molecular complexity index is 980. The standard InChI is InChI=1S/C21H23ClN2O7/c1-11-17(20(25)29-3)19(13-6-7-15(22)16(9-13)24(27)28)18(12(2)23-11)21(26)31-10-14-5-4-8-30-14/h6-7,9,14,19,23H,4-5,8,10H2,1-3H3/t14-,19+/m0/s1. The maximum atomic E-state index is 13.1. The fourth-order valence-corrected chi connectivity index (χ4v) is 4.04. The predicted molar refractivity (Wildman–Crippen MR) is 111 cm³/mol. The monoisotopic (exact) mass is 450 g/mol. The summed E-state index contributed by atoms with van der Waals surface area (Å²) < 4.78 is 15.9. The number of ether oxygens (including phenoxy) is 3. The van der Waals surface area contributed by atoms with Crippen molar-refractivity contribution in [3.63, 3.8) is 0 Å². The van der Waals surface area contributed by atoms with E-state index in [-0.39, 0.29) is 34.6 Å². The summed E-state index contributed by atoms with van der Waals surface area (Å²) in [6, 6.07) is 4.17. The number of hydrogen-bond acceptors (Lipinski definition) is 8. The number of allylic oxidation sites excluding steroid dienone is 2. The molecule has 0 spiro atoms. The summed E-state index contributed by atoms with van der Waals surface area (Å²) in [6.07, 6.45) is 1.52. The Hall–Kier alpha value is -2.91. The number of methoxy groups -OCH3 is 1. The molecule has 1 fully saturated rings. The highest BCUT2D eigenvalue weighted by atomic mass is 35.5. The quantitative estimate of drug-likeness (QED) is 0.398. The molecule has 0 unspecified atom stereocenters. The van der Waals surface area contributed by atoms with E-state index in [0.29, 0.717) is 23.6 Å². The molecule has 0 radical (unpaired) electrons. The molecule has 1 N–H and O–H groups in total. The summed E-state index contributed by atoms with van der Waals surface area (Å²) in [6.45, 7) is 4.05. The maximum absolute atomic E-state index is 13.1. The average molecular weight is 451 g/mol. The van der Waals surface area contributed by atoms with Crippen LogP contribution in [0.5, 0.6) is 0 Å². The number of benzene rings is 1. The Morgan fingerprint density at radius 1 is 1.26 bits per heavy atom. The lowest BCUT2D eigenvalue weighted by molar-refractivity contribution is -0.384. The van der Waals surface area contributed by atoms with E-state index < -0.39 is 22.8 Å². The second kappa shape index (κ2) is 9.49. The van der Waals surface area contributed by atoms with E-state index in [2.05, 4.69) is 5.32 Å². The molecule has 2 aliphatic rings. The summed E-state index contributed by atoms with van der Waals surface area (Å²) in [5.74, 6) is -2.23. The van der Waals surface area contributed by atoms with Gasteiger partial charge in [0.2, 0.25) is 0 Å². The van der Waals surface area contributed by atoms with Gasteiger partial charge in [-0.1, -0.05) is 17.7 Å². The highest BCUT2D eigenvalue weighted by molar-refractivity contribution is 6.32. The third kappa shape index (κ3) is 4.72. The molecule has 31 heavy (non-hydrogen) atoms. The van der Waals surface area contributed by atoms with Crippen LogP contribution in [0.15, 0.2) is 40.7 Å². The van der Waals surface area contributed by atoms with Gasteiger partial charge in [0.1, 0.15) is 11.6 Å².